The third kappa shape index (κ3) is 9.62. The number of carbonyl (C=O) groups is 4. The highest BCUT2D eigenvalue weighted by molar-refractivity contribution is 5.85. The summed E-state index contributed by atoms with van der Waals surface area (Å²) in [7, 11) is 2.54. The second-order valence-electron chi connectivity index (χ2n) is 13.3. The van der Waals surface area contributed by atoms with Crippen molar-refractivity contribution in [1.82, 2.24) is 0 Å². The molecule has 2 aliphatic rings. The Morgan fingerprint density at radius 1 is 0.565 bits per heavy atom. The first kappa shape index (κ1) is 36.7. The van der Waals surface area contributed by atoms with Crippen LogP contribution < -0.4 is 0 Å². The number of hydrogen-bond acceptors (Lipinski definition) is 10. The van der Waals surface area contributed by atoms with Gasteiger partial charge in [-0.25, -0.2) is 19.2 Å². The molecule has 10 nitrogen and oxygen atoms in total. The molecule has 2 fully saturated rings. The van der Waals surface area contributed by atoms with Crippen molar-refractivity contribution in [2.24, 2.45) is 0 Å². The molecular formula is C36H48O10. The molecule has 4 rings (SSSR count). The van der Waals surface area contributed by atoms with Gasteiger partial charge in [0.2, 0.25) is 12.2 Å². The lowest BCUT2D eigenvalue weighted by Gasteiger charge is -2.41. The van der Waals surface area contributed by atoms with E-state index in [4.69, 9.17) is 28.4 Å². The van der Waals surface area contributed by atoms with Gasteiger partial charge in [-0.1, -0.05) is 60.7 Å². The summed E-state index contributed by atoms with van der Waals surface area (Å²) in [6, 6.07) is 17.7. The van der Waals surface area contributed by atoms with Crippen LogP contribution in [0.3, 0.4) is 0 Å². The molecule has 10 heteroatoms. The summed E-state index contributed by atoms with van der Waals surface area (Å²) in [4.78, 5) is 49.4. The third-order valence-electron chi connectivity index (χ3n) is 8.22. The highest BCUT2D eigenvalue weighted by Crippen LogP contribution is 2.38. The average Bonchev–Trinajstić information content (AvgIpc) is 3.01. The molecule has 2 heterocycles. The lowest BCUT2D eigenvalue weighted by Crippen LogP contribution is -2.50. The molecule has 0 bridgehead atoms. The van der Waals surface area contributed by atoms with Gasteiger partial charge in [0.15, 0.2) is 11.2 Å². The number of rotatable bonds is 8. The van der Waals surface area contributed by atoms with Crippen LogP contribution in [0.25, 0.3) is 0 Å². The molecule has 0 saturated carbocycles. The van der Waals surface area contributed by atoms with Gasteiger partial charge in [-0.2, -0.15) is 0 Å². The molecular weight excluding hydrogens is 592 g/mol. The molecule has 0 spiro atoms. The van der Waals surface area contributed by atoms with Crippen LogP contribution >= 0.6 is 0 Å². The molecule has 3 unspecified atom stereocenters. The van der Waals surface area contributed by atoms with E-state index in [1.807, 2.05) is 39.8 Å². The zero-order valence-electron chi connectivity index (χ0n) is 28.3. The van der Waals surface area contributed by atoms with E-state index in [9.17, 15) is 19.2 Å². The van der Waals surface area contributed by atoms with Crippen LogP contribution in [0.5, 0.6) is 0 Å². The van der Waals surface area contributed by atoms with Gasteiger partial charge >= 0.3 is 23.9 Å². The highest BCUT2D eigenvalue weighted by Gasteiger charge is 2.47. The molecule has 2 aromatic rings. The molecule has 0 N–H and O–H groups in total. The molecule has 2 aliphatic heterocycles. The SMILES string of the molecule is COC(=O)C(OC(=O)C1(C)CCCC(C)(C)O1)c1ccccc1.COC(=O)C(OC(=O)[C@]1(C)CCCC(C)(C)O1)c1ccccc1. The maximum atomic E-state index is 12.7. The van der Waals surface area contributed by atoms with E-state index in [1.165, 1.54) is 14.2 Å². The predicted octanol–water partition coefficient (Wildman–Crippen LogP) is 6.36. The Labute approximate surface area is 272 Å². The Kier molecular flexibility index (Phi) is 12.1. The van der Waals surface area contributed by atoms with Crippen LogP contribution in [0.1, 0.15) is 103 Å². The van der Waals surface area contributed by atoms with Crippen LogP contribution in [0, 0.1) is 0 Å². The van der Waals surface area contributed by atoms with Crippen LogP contribution in [-0.4, -0.2) is 60.5 Å². The normalized spacial score (nSPS) is 24.5. The number of esters is 4. The van der Waals surface area contributed by atoms with Crippen molar-refractivity contribution < 1.29 is 47.6 Å². The van der Waals surface area contributed by atoms with Gasteiger partial charge in [-0.15, -0.1) is 0 Å². The fraction of sp³-hybridized carbons (Fsp3) is 0.556. The van der Waals surface area contributed by atoms with E-state index < -0.39 is 47.3 Å². The second kappa shape index (κ2) is 15.2. The van der Waals surface area contributed by atoms with Gasteiger partial charge in [0.1, 0.15) is 0 Å². The second-order valence-corrected chi connectivity index (χ2v) is 13.3. The summed E-state index contributed by atoms with van der Waals surface area (Å²) >= 11 is 0. The predicted molar refractivity (Wildman–Crippen MR) is 169 cm³/mol. The summed E-state index contributed by atoms with van der Waals surface area (Å²) < 4.78 is 32.4. The van der Waals surface area contributed by atoms with Gasteiger partial charge in [-0.05, 0) is 80.1 Å². The van der Waals surface area contributed by atoms with Crippen molar-refractivity contribution in [2.75, 3.05) is 14.2 Å². The minimum atomic E-state index is -1.08. The zero-order chi connectivity index (χ0) is 34.2. The minimum Gasteiger partial charge on any atom is -0.466 e. The first-order valence-electron chi connectivity index (χ1n) is 15.6. The lowest BCUT2D eigenvalue weighted by molar-refractivity contribution is -0.209. The van der Waals surface area contributed by atoms with Crippen LogP contribution in [0.15, 0.2) is 60.7 Å². The van der Waals surface area contributed by atoms with Crippen molar-refractivity contribution in [1.29, 1.82) is 0 Å². The molecule has 2 aromatic carbocycles. The monoisotopic (exact) mass is 640 g/mol. The number of carbonyl (C=O) groups excluding carboxylic acids is 4. The fourth-order valence-corrected chi connectivity index (χ4v) is 5.85. The summed E-state index contributed by atoms with van der Waals surface area (Å²) in [5.74, 6) is -2.29. The van der Waals surface area contributed by atoms with E-state index in [-0.39, 0.29) is 11.2 Å². The van der Waals surface area contributed by atoms with Gasteiger partial charge in [0, 0.05) is 11.1 Å². The standard InChI is InChI=1S/2C18H24O5/c2*1-17(2)11-8-12-18(3,23-17)16(20)22-14(15(19)21-4)13-9-6-5-7-10-13/h2*5-7,9-10,14H,8,11-12H2,1-4H3/t14?,18-;/m0./s1. The smallest absolute Gasteiger partial charge is 0.351 e. The quantitative estimate of drug-likeness (QED) is 0.238. The van der Waals surface area contributed by atoms with E-state index in [0.717, 1.165) is 25.7 Å². The molecule has 2 saturated heterocycles. The van der Waals surface area contributed by atoms with E-state index in [1.54, 1.807) is 62.4 Å². The van der Waals surface area contributed by atoms with Gasteiger partial charge < -0.3 is 28.4 Å². The Balaban J connectivity index is 0.000000250. The minimum absolute atomic E-state index is 0.389. The summed E-state index contributed by atoms with van der Waals surface area (Å²) in [6.07, 6.45) is 2.47. The van der Waals surface area contributed by atoms with Crippen molar-refractivity contribution in [3.63, 3.8) is 0 Å². The van der Waals surface area contributed by atoms with Crippen LogP contribution in [-0.2, 0) is 47.6 Å². The Bertz CT molecular complexity index is 1240. The van der Waals surface area contributed by atoms with Gasteiger partial charge in [0.05, 0.1) is 25.4 Å². The Morgan fingerprint density at radius 2 is 0.891 bits per heavy atom. The Morgan fingerprint density at radius 3 is 1.17 bits per heavy atom. The molecule has 0 amide bonds. The zero-order valence-corrected chi connectivity index (χ0v) is 28.3. The molecule has 0 radical (unpaired) electrons. The third-order valence-corrected chi connectivity index (χ3v) is 8.22. The highest BCUT2D eigenvalue weighted by atomic mass is 16.6. The van der Waals surface area contributed by atoms with E-state index in [2.05, 4.69) is 0 Å². The van der Waals surface area contributed by atoms with Gasteiger partial charge in [-0.3, -0.25) is 0 Å². The Hall–Kier alpha value is -3.76. The van der Waals surface area contributed by atoms with E-state index in [0.29, 0.717) is 24.0 Å². The van der Waals surface area contributed by atoms with Crippen molar-refractivity contribution >= 4 is 23.9 Å². The van der Waals surface area contributed by atoms with Crippen LogP contribution in [0.4, 0.5) is 0 Å². The number of ether oxygens (including phenoxy) is 6. The van der Waals surface area contributed by atoms with Crippen molar-refractivity contribution in [3.05, 3.63) is 71.8 Å². The molecule has 46 heavy (non-hydrogen) atoms. The number of benzene rings is 2. The first-order valence-corrected chi connectivity index (χ1v) is 15.6. The molecule has 252 valence electrons. The van der Waals surface area contributed by atoms with E-state index >= 15 is 0 Å². The maximum Gasteiger partial charge on any atom is 0.351 e. The fourth-order valence-electron chi connectivity index (χ4n) is 5.85. The van der Waals surface area contributed by atoms with Crippen LogP contribution in [0.2, 0.25) is 0 Å². The topological polar surface area (TPSA) is 124 Å². The summed E-state index contributed by atoms with van der Waals surface area (Å²) in [6.45, 7) is 11.2. The first-order chi connectivity index (χ1) is 21.5. The summed E-state index contributed by atoms with van der Waals surface area (Å²) in [5.41, 5.74) is -1.73. The largest absolute Gasteiger partial charge is 0.466 e. The molecule has 0 aromatic heterocycles. The average molecular weight is 641 g/mol. The number of methoxy groups -OCH3 is 2. The maximum absolute atomic E-state index is 12.7. The van der Waals surface area contributed by atoms with Crippen molar-refractivity contribution in [3.8, 4) is 0 Å². The summed E-state index contributed by atoms with van der Waals surface area (Å²) in [5, 5.41) is 0. The van der Waals surface area contributed by atoms with Crippen molar-refractivity contribution in [2.45, 2.75) is 115 Å². The lowest BCUT2D eigenvalue weighted by atomic mass is 9.88. The van der Waals surface area contributed by atoms with Gasteiger partial charge in [0.25, 0.3) is 0 Å². The molecule has 0 aliphatic carbocycles. The number of hydrogen-bond donors (Lipinski definition) is 0. The molecule has 4 atom stereocenters.